The summed E-state index contributed by atoms with van der Waals surface area (Å²) < 4.78 is 6.81. The Bertz CT molecular complexity index is 894. The summed E-state index contributed by atoms with van der Waals surface area (Å²) in [5.74, 6) is 1.44. The molecular weight excluding hydrogens is 332 g/mol. The van der Waals surface area contributed by atoms with Crippen molar-refractivity contribution in [3.8, 4) is 5.75 Å². The first-order valence-corrected chi connectivity index (χ1v) is 9.23. The number of nitrogens with one attached hydrogen (secondary N) is 3. The number of quaternary nitrogens is 1. The zero-order valence-electron chi connectivity index (χ0n) is 15.0. The third kappa shape index (κ3) is 3.14. The molecule has 2 heterocycles. The van der Waals surface area contributed by atoms with Crippen LogP contribution in [0.3, 0.4) is 0 Å². The number of aromatic nitrogens is 2. The maximum Gasteiger partial charge on any atom is 0.330 e. The van der Waals surface area contributed by atoms with E-state index in [1.54, 1.807) is 11.7 Å². The molecular formula is C19H25N4O3+. The highest BCUT2D eigenvalue weighted by Gasteiger charge is 2.32. The Morgan fingerprint density at radius 3 is 2.62 bits per heavy atom. The Labute approximate surface area is 151 Å². The van der Waals surface area contributed by atoms with Crippen LogP contribution in [0.4, 0.5) is 5.82 Å². The molecule has 1 aliphatic heterocycles. The Hall–Kier alpha value is -2.54. The lowest BCUT2D eigenvalue weighted by Gasteiger charge is -2.31. The zero-order valence-corrected chi connectivity index (χ0v) is 15.0. The molecule has 2 aliphatic rings. The summed E-state index contributed by atoms with van der Waals surface area (Å²) >= 11 is 0. The average Bonchev–Trinajstić information content (AvgIpc) is 3.20. The van der Waals surface area contributed by atoms with E-state index in [0.717, 1.165) is 18.0 Å². The van der Waals surface area contributed by atoms with Crippen molar-refractivity contribution in [1.82, 2.24) is 9.55 Å². The van der Waals surface area contributed by atoms with E-state index in [1.807, 2.05) is 24.3 Å². The maximum atomic E-state index is 12.4. The van der Waals surface area contributed by atoms with Crippen molar-refractivity contribution in [3.05, 3.63) is 56.2 Å². The van der Waals surface area contributed by atoms with Crippen LogP contribution in [-0.4, -0.2) is 29.4 Å². The number of ether oxygens (including phenoxy) is 1. The first-order chi connectivity index (χ1) is 12.7. The SMILES string of the molecule is COc1ccc(Cn2c3c(c(=O)[nH]c2=O)C[NH+](C2CCCC2)CN3)cc1. The standard InChI is InChI=1S/C19H24N4O3/c1-26-15-8-6-13(7-9-15)10-23-17-16(18(24)21-19(23)25)11-22(12-20-17)14-4-2-3-5-14/h6-9,14,20H,2-5,10-12H2,1H3,(H,21,24,25)/p+1. The summed E-state index contributed by atoms with van der Waals surface area (Å²) in [4.78, 5) is 28.7. The monoisotopic (exact) mass is 357 g/mol. The maximum absolute atomic E-state index is 12.4. The summed E-state index contributed by atoms with van der Waals surface area (Å²) in [5.41, 5.74) is 1.03. The minimum Gasteiger partial charge on any atom is -0.497 e. The number of nitrogens with zero attached hydrogens (tertiary/aromatic N) is 1. The van der Waals surface area contributed by atoms with Crippen molar-refractivity contribution < 1.29 is 9.64 Å². The van der Waals surface area contributed by atoms with E-state index in [2.05, 4.69) is 10.3 Å². The smallest absolute Gasteiger partial charge is 0.330 e. The van der Waals surface area contributed by atoms with Crippen LogP contribution in [0, 0.1) is 0 Å². The fourth-order valence-corrected chi connectivity index (χ4v) is 4.15. The molecule has 1 aromatic heterocycles. The van der Waals surface area contributed by atoms with Gasteiger partial charge in [-0.25, -0.2) is 4.79 Å². The molecule has 0 radical (unpaired) electrons. The third-order valence-corrected chi connectivity index (χ3v) is 5.61. The molecule has 1 saturated carbocycles. The molecule has 26 heavy (non-hydrogen) atoms. The number of methoxy groups -OCH3 is 1. The van der Waals surface area contributed by atoms with Crippen LogP contribution < -0.4 is 26.2 Å². The van der Waals surface area contributed by atoms with Gasteiger partial charge in [0.05, 0.1) is 19.7 Å². The van der Waals surface area contributed by atoms with Gasteiger partial charge in [-0.3, -0.25) is 14.3 Å². The first-order valence-electron chi connectivity index (χ1n) is 9.23. The second kappa shape index (κ2) is 6.99. The van der Waals surface area contributed by atoms with Crippen molar-refractivity contribution in [3.63, 3.8) is 0 Å². The molecule has 1 atom stereocenters. The highest BCUT2D eigenvalue weighted by molar-refractivity contribution is 5.44. The quantitative estimate of drug-likeness (QED) is 0.735. The number of hydrogen-bond donors (Lipinski definition) is 3. The predicted molar refractivity (Wildman–Crippen MR) is 98.8 cm³/mol. The molecule has 1 unspecified atom stereocenters. The van der Waals surface area contributed by atoms with Gasteiger partial charge in [0.15, 0.2) is 6.67 Å². The van der Waals surface area contributed by atoms with Crippen LogP contribution in [-0.2, 0) is 13.1 Å². The molecule has 1 fully saturated rings. The molecule has 1 aromatic carbocycles. The van der Waals surface area contributed by atoms with Crippen molar-refractivity contribution >= 4 is 5.82 Å². The molecule has 4 rings (SSSR count). The first kappa shape index (κ1) is 16.9. The summed E-state index contributed by atoms with van der Waals surface area (Å²) in [6, 6.07) is 8.22. The summed E-state index contributed by atoms with van der Waals surface area (Å²) in [7, 11) is 1.63. The Morgan fingerprint density at radius 1 is 1.19 bits per heavy atom. The largest absolute Gasteiger partial charge is 0.497 e. The molecule has 0 bridgehead atoms. The fraction of sp³-hybridized carbons (Fsp3) is 0.474. The zero-order chi connectivity index (χ0) is 18.1. The predicted octanol–water partition coefficient (Wildman–Crippen LogP) is 0.304. The second-order valence-corrected chi connectivity index (χ2v) is 7.19. The van der Waals surface area contributed by atoms with Crippen LogP contribution >= 0.6 is 0 Å². The summed E-state index contributed by atoms with van der Waals surface area (Å²) in [5, 5.41) is 3.36. The number of fused-ring (bicyclic) bond motifs is 1. The van der Waals surface area contributed by atoms with Crippen molar-refractivity contribution in [2.24, 2.45) is 0 Å². The van der Waals surface area contributed by atoms with Crippen molar-refractivity contribution in [1.29, 1.82) is 0 Å². The van der Waals surface area contributed by atoms with Gasteiger partial charge in [-0.05, 0) is 43.4 Å². The van der Waals surface area contributed by atoms with Gasteiger partial charge >= 0.3 is 5.69 Å². The number of aromatic amines is 1. The van der Waals surface area contributed by atoms with Gasteiger partial charge < -0.3 is 15.0 Å². The number of hydrogen-bond acceptors (Lipinski definition) is 4. The van der Waals surface area contributed by atoms with Crippen LogP contribution in [0.1, 0.15) is 36.8 Å². The number of rotatable bonds is 4. The second-order valence-electron chi connectivity index (χ2n) is 7.19. The Morgan fingerprint density at radius 2 is 1.92 bits per heavy atom. The Balaban J connectivity index is 1.64. The molecule has 2 aromatic rings. The van der Waals surface area contributed by atoms with Crippen LogP contribution in [0.15, 0.2) is 33.9 Å². The average molecular weight is 357 g/mol. The molecule has 0 saturated heterocycles. The minimum absolute atomic E-state index is 0.265. The summed E-state index contributed by atoms with van der Waals surface area (Å²) in [6.07, 6.45) is 4.98. The molecule has 0 amide bonds. The lowest BCUT2D eigenvalue weighted by Crippen LogP contribution is -3.16. The molecule has 138 valence electrons. The van der Waals surface area contributed by atoms with Crippen LogP contribution in [0.5, 0.6) is 5.75 Å². The van der Waals surface area contributed by atoms with Gasteiger partial charge in [0.1, 0.15) is 23.7 Å². The van der Waals surface area contributed by atoms with Gasteiger partial charge in [-0.1, -0.05) is 12.1 Å². The lowest BCUT2D eigenvalue weighted by atomic mass is 10.1. The van der Waals surface area contributed by atoms with Gasteiger partial charge in [-0.2, -0.15) is 0 Å². The highest BCUT2D eigenvalue weighted by Crippen LogP contribution is 2.19. The number of H-pyrrole nitrogens is 1. The van der Waals surface area contributed by atoms with Crippen LogP contribution in [0.2, 0.25) is 0 Å². The van der Waals surface area contributed by atoms with Gasteiger partial charge in [-0.15, -0.1) is 0 Å². The summed E-state index contributed by atoms with van der Waals surface area (Å²) in [6.45, 7) is 1.84. The Kier molecular flexibility index (Phi) is 4.55. The van der Waals surface area contributed by atoms with E-state index in [-0.39, 0.29) is 11.2 Å². The van der Waals surface area contributed by atoms with Crippen molar-refractivity contribution in [2.45, 2.75) is 44.8 Å². The molecule has 3 N–H and O–H groups in total. The fourth-order valence-electron chi connectivity index (χ4n) is 4.15. The van der Waals surface area contributed by atoms with E-state index < -0.39 is 0 Å². The van der Waals surface area contributed by atoms with E-state index in [4.69, 9.17) is 4.74 Å². The minimum atomic E-state index is -0.374. The lowest BCUT2D eigenvalue weighted by molar-refractivity contribution is -0.936. The van der Waals surface area contributed by atoms with Gasteiger partial charge in [0.2, 0.25) is 0 Å². The van der Waals surface area contributed by atoms with E-state index >= 15 is 0 Å². The molecule has 1 aliphatic carbocycles. The number of benzene rings is 1. The van der Waals surface area contributed by atoms with Gasteiger partial charge in [0.25, 0.3) is 5.56 Å². The van der Waals surface area contributed by atoms with Crippen LogP contribution in [0.25, 0.3) is 0 Å². The molecule has 7 heteroatoms. The van der Waals surface area contributed by atoms with E-state index in [0.29, 0.717) is 30.5 Å². The molecule has 7 nitrogen and oxygen atoms in total. The third-order valence-electron chi connectivity index (χ3n) is 5.61. The molecule has 0 spiro atoms. The highest BCUT2D eigenvalue weighted by atomic mass is 16.5. The van der Waals surface area contributed by atoms with Crippen molar-refractivity contribution in [2.75, 3.05) is 19.1 Å². The number of anilines is 1. The van der Waals surface area contributed by atoms with E-state index in [9.17, 15) is 9.59 Å². The topological polar surface area (TPSA) is 80.6 Å². The normalized spacial score (nSPS) is 19.8. The van der Waals surface area contributed by atoms with Gasteiger partial charge in [0, 0.05) is 0 Å². The van der Waals surface area contributed by atoms with E-state index in [1.165, 1.54) is 30.6 Å².